The van der Waals surface area contributed by atoms with Crippen molar-refractivity contribution in [1.29, 1.82) is 0 Å². The maximum Gasteiger partial charge on any atom is 0.0681 e. The Balaban J connectivity index is 2.36. The van der Waals surface area contributed by atoms with E-state index >= 15 is 0 Å². The van der Waals surface area contributed by atoms with E-state index in [1.165, 1.54) is 5.56 Å². The molecule has 1 aromatic rings. The first kappa shape index (κ1) is 15.2. The van der Waals surface area contributed by atoms with E-state index in [1.807, 2.05) is 25.1 Å². The highest BCUT2D eigenvalue weighted by Gasteiger charge is 2.14. The summed E-state index contributed by atoms with van der Waals surface area (Å²) in [7, 11) is 0. The van der Waals surface area contributed by atoms with E-state index in [-0.39, 0.29) is 12.1 Å². The first-order valence-corrected chi connectivity index (χ1v) is 6.80. The second-order valence-electron chi connectivity index (χ2n) is 5.29. The lowest BCUT2D eigenvalue weighted by atomic mass is 10.0. The Kier molecular flexibility index (Phi) is 6.94. The van der Waals surface area contributed by atoms with Crippen molar-refractivity contribution in [1.82, 2.24) is 10.9 Å². The molecule has 102 valence electrons. The van der Waals surface area contributed by atoms with Gasteiger partial charge < -0.3 is 5.11 Å². The van der Waals surface area contributed by atoms with Gasteiger partial charge in [0.25, 0.3) is 0 Å². The zero-order chi connectivity index (χ0) is 13.4. The molecule has 1 rings (SSSR count). The van der Waals surface area contributed by atoms with Crippen molar-refractivity contribution >= 4 is 0 Å². The molecule has 18 heavy (non-hydrogen) atoms. The predicted octanol–water partition coefficient (Wildman–Crippen LogP) is 2.12. The highest BCUT2D eigenvalue weighted by molar-refractivity contribution is 5.16. The highest BCUT2D eigenvalue weighted by atomic mass is 16.3. The lowest BCUT2D eigenvalue weighted by molar-refractivity contribution is 0.135. The van der Waals surface area contributed by atoms with Crippen LogP contribution in [0.4, 0.5) is 0 Å². The normalized spacial score (nSPS) is 14.7. The fraction of sp³-hybridized carbons (Fsp3) is 0.600. The van der Waals surface area contributed by atoms with Crippen molar-refractivity contribution < 1.29 is 5.11 Å². The van der Waals surface area contributed by atoms with Gasteiger partial charge in [0.1, 0.15) is 0 Å². The second kappa shape index (κ2) is 8.25. The molecule has 0 amide bonds. The summed E-state index contributed by atoms with van der Waals surface area (Å²) in [4.78, 5) is 0. The molecule has 0 saturated carbocycles. The van der Waals surface area contributed by atoms with Gasteiger partial charge in [0.2, 0.25) is 0 Å². The van der Waals surface area contributed by atoms with Crippen molar-refractivity contribution in [2.75, 3.05) is 6.54 Å². The zero-order valence-electron chi connectivity index (χ0n) is 11.7. The fourth-order valence-corrected chi connectivity index (χ4v) is 1.77. The quantitative estimate of drug-likeness (QED) is 0.489. The third-order valence-corrected chi connectivity index (χ3v) is 3.01. The third kappa shape index (κ3) is 6.15. The summed E-state index contributed by atoms with van der Waals surface area (Å²) < 4.78 is 0. The largest absolute Gasteiger partial charge is 0.392 e. The third-order valence-electron chi connectivity index (χ3n) is 3.01. The molecule has 1 aromatic carbocycles. The van der Waals surface area contributed by atoms with Crippen LogP contribution in [0.2, 0.25) is 0 Å². The van der Waals surface area contributed by atoms with Crippen molar-refractivity contribution in [3.8, 4) is 0 Å². The number of aliphatic hydroxyl groups is 1. The van der Waals surface area contributed by atoms with Gasteiger partial charge in [0.15, 0.2) is 0 Å². The van der Waals surface area contributed by atoms with Gasteiger partial charge in [-0.15, -0.1) is 0 Å². The summed E-state index contributed by atoms with van der Waals surface area (Å²) in [5, 5.41) is 9.78. The van der Waals surface area contributed by atoms with Gasteiger partial charge in [0, 0.05) is 6.54 Å². The van der Waals surface area contributed by atoms with E-state index in [9.17, 15) is 5.11 Å². The molecule has 2 atom stereocenters. The molecule has 0 saturated heterocycles. The standard InChI is InChI=1S/C15H26N2O/c1-12(2)9-10-16-17-15(13(3)18)11-14-7-5-4-6-8-14/h4-8,12-13,15-18H,9-11H2,1-3H3. The van der Waals surface area contributed by atoms with E-state index in [4.69, 9.17) is 0 Å². The van der Waals surface area contributed by atoms with Gasteiger partial charge in [0.05, 0.1) is 12.1 Å². The van der Waals surface area contributed by atoms with Crippen molar-refractivity contribution in [3.05, 3.63) is 35.9 Å². The lowest BCUT2D eigenvalue weighted by Gasteiger charge is -2.22. The van der Waals surface area contributed by atoms with Crippen LogP contribution in [0.5, 0.6) is 0 Å². The molecule has 0 fully saturated rings. The van der Waals surface area contributed by atoms with Gasteiger partial charge >= 0.3 is 0 Å². The van der Waals surface area contributed by atoms with Gasteiger partial charge in [-0.05, 0) is 31.2 Å². The molecule has 3 heteroatoms. The summed E-state index contributed by atoms with van der Waals surface area (Å²) >= 11 is 0. The minimum Gasteiger partial charge on any atom is -0.392 e. The maximum absolute atomic E-state index is 9.78. The Bertz CT molecular complexity index is 312. The SMILES string of the molecule is CC(C)CCNNC(Cc1ccccc1)C(C)O. The van der Waals surface area contributed by atoms with E-state index < -0.39 is 0 Å². The topological polar surface area (TPSA) is 44.3 Å². The Hall–Kier alpha value is -0.900. The Morgan fingerprint density at radius 1 is 1.11 bits per heavy atom. The van der Waals surface area contributed by atoms with Crippen LogP contribution in [0.3, 0.4) is 0 Å². The molecular formula is C15H26N2O. The first-order chi connectivity index (χ1) is 8.59. The maximum atomic E-state index is 9.78. The fourth-order valence-electron chi connectivity index (χ4n) is 1.77. The van der Waals surface area contributed by atoms with Crippen LogP contribution in [-0.2, 0) is 6.42 Å². The molecule has 0 aromatic heterocycles. The monoisotopic (exact) mass is 250 g/mol. The number of hydrazine groups is 1. The van der Waals surface area contributed by atoms with Crippen LogP contribution in [0.25, 0.3) is 0 Å². The Morgan fingerprint density at radius 2 is 1.78 bits per heavy atom. The van der Waals surface area contributed by atoms with E-state index in [0.29, 0.717) is 5.92 Å². The number of benzene rings is 1. The van der Waals surface area contributed by atoms with Gasteiger partial charge in [-0.1, -0.05) is 44.2 Å². The van der Waals surface area contributed by atoms with Crippen LogP contribution in [0, 0.1) is 5.92 Å². The number of rotatable bonds is 8. The van der Waals surface area contributed by atoms with Crippen LogP contribution in [-0.4, -0.2) is 23.8 Å². The van der Waals surface area contributed by atoms with E-state index in [0.717, 1.165) is 19.4 Å². The van der Waals surface area contributed by atoms with Crippen molar-refractivity contribution in [2.45, 2.75) is 45.8 Å². The minimum absolute atomic E-state index is 0.0413. The molecule has 0 heterocycles. The van der Waals surface area contributed by atoms with Crippen molar-refractivity contribution in [2.24, 2.45) is 5.92 Å². The van der Waals surface area contributed by atoms with Gasteiger partial charge in [-0.25, -0.2) is 0 Å². The number of aliphatic hydroxyl groups excluding tert-OH is 1. The molecule has 0 aliphatic carbocycles. The summed E-state index contributed by atoms with van der Waals surface area (Å²) in [6, 6.07) is 10.3. The van der Waals surface area contributed by atoms with E-state index in [1.54, 1.807) is 0 Å². The zero-order valence-corrected chi connectivity index (χ0v) is 11.7. The molecule has 0 radical (unpaired) electrons. The van der Waals surface area contributed by atoms with Crippen LogP contribution >= 0.6 is 0 Å². The summed E-state index contributed by atoms with van der Waals surface area (Å²) in [5.41, 5.74) is 7.67. The second-order valence-corrected chi connectivity index (χ2v) is 5.29. The molecule has 3 N–H and O–H groups in total. The van der Waals surface area contributed by atoms with E-state index in [2.05, 4.69) is 36.8 Å². The summed E-state index contributed by atoms with van der Waals surface area (Å²) in [5.74, 6) is 0.693. The van der Waals surface area contributed by atoms with Gasteiger partial charge in [-0.2, -0.15) is 0 Å². The summed E-state index contributed by atoms with van der Waals surface area (Å²) in [6.45, 7) is 7.16. The first-order valence-electron chi connectivity index (χ1n) is 6.80. The average Bonchev–Trinajstić information content (AvgIpc) is 2.33. The predicted molar refractivity (Wildman–Crippen MR) is 76.2 cm³/mol. The lowest BCUT2D eigenvalue weighted by Crippen LogP contribution is -2.48. The molecule has 0 bridgehead atoms. The number of nitrogens with one attached hydrogen (secondary N) is 2. The molecular weight excluding hydrogens is 224 g/mol. The van der Waals surface area contributed by atoms with Crippen LogP contribution in [0.1, 0.15) is 32.8 Å². The Morgan fingerprint density at radius 3 is 2.33 bits per heavy atom. The summed E-state index contributed by atoms with van der Waals surface area (Å²) in [6.07, 6.45) is 1.58. The molecule has 0 spiro atoms. The van der Waals surface area contributed by atoms with Gasteiger partial charge in [-0.3, -0.25) is 10.9 Å². The van der Waals surface area contributed by atoms with Crippen molar-refractivity contribution in [3.63, 3.8) is 0 Å². The molecule has 0 aliphatic heterocycles. The molecule has 3 nitrogen and oxygen atoms in total. The molecule has 0 aliphatic rings. The minimum atomic E-state index is -0.378. The molecule has 2 unspecified atom stereocenters. The number of hydrogen-bond donors (Lipinski definition) is 3. The highest BCUT2D eigenvalue weighted by Crippen LogP contribution is 2.05. The smallest absolute Gasteiger partial charge is 0.0681 e. The average molecular weight is 250 g/mol. The Labute approximate surface area is 111 Å². The van der Waals surface area contributed by atoms with Crippen LogP contribution < -0.4 is 10.9 Å². The number of hydrogen-bond acceptors (Lipinski definition) is 3. The van der Waals surface area contributed by atoms with Crippen LogP contribution in [0.15, 0.2) is 30.3 Å².